The molecule has 0 saturated heterocycles. The molecule has 1 atom stereocenters. The number of hydrogen-bond acceptors (Lipinski definition) is 4. The molecule has 0 radical (unpaired) electrons. The van der Waals surface area contributed by atoms with Gasteiger partial charge in [-0.05, 0) is 116 Å². The number of carbonyl (C=O) groups excluding carboxylic acids is 2. The van der Waals surface area contributed by atoms with Crippen molar-refractivity contribution in [2.75, 3.05) is 18.5 Å². The summed E-state index contributed by atoms with van der Waals surface area (Å²) in [6, 6.07) is 32.8. The summed E-state index contributed by atoms with van der Waals surface area (Å²) in [5.74, 6) is 0.769. The highest BCUT2D eigenvalue weighted by atomic mass is 16.5. The molecular formula is C43H44N4O3. The minimum absolute atomic E-state index is 0.0452. The molecule has 50 heavy (non-hydrogen) atoms. The fourth-order valence-electron chi connectivity index (χ4n) is 7.92. The first-order chi connectivity index (χ1) is 24.4. The van der Waals surface area contributed by atoms with Crippen LogP contribution in [0.3, 0.4) is 0 Å². The van der Waals surface area contributed by atoms with Gasteiger partial charge in [0.05, 0.1) is 5.56 Å². The van der Waals surface area contributed by atoms with Crippen molar-refractivity contribution in [2.45, 2.75) is 71.3 Å². The van der Waals surface area contributed by atoms with Crippen LogP contribution in [0.2, 0.25) is 0 Å². The average molecular weight is 665 g/mol. The Morgan fingerprint density at radius 3 is 2.44 bits per heavy atom. The summed E-state index contributed by atoms with van der Waals surface area (Å²) in [7, 11) is 1.84. The topological polar surface area (TPSA) is 66.8 Å². The normalized spacial score (nSPS) is 16.6. The molecule has 7 heteroatoms. The van der Waals surface area contributed by atoms with E-state index >= 15 is 0 Å². The van der Waals surface area contributed by atoms with Crippen molar-refractivity contribution in [3.05, 3.63) is 142 Å². The zero-order chi connectivity index (χ0) is 34.2. The van der Waals surface area contributed by atoms with E-state index in [1.807, 2.05) is 66.5 Å². The lowest BCUT2D eigenvalue weighted by Gasteiger charge is -2.36. The standard InChI is InChI=1S/C43H44N4O3/c1-29-22-31-12-6-7-13-33(31)27-47(29)43(49)38-24-34-26-44-20-19-32(34)23-37(38)41-25-39(40-14-8-9-21-46(40)41)42(48)45(2)35-15-17-36(18-16-35)50-28-30-10-4-3-5-11-30/h3-7,10-13,15-18,23-25,29,44H,8-9,14,19-22,26-28H2,1-2H3/t29-/m1/s1. The molecule has 5 aromatic rings. The number of hydrogen-bond donors (Lipinski definition) is 1. The maximum atomic E-state index is 14.7. The highest BCUT2D eigenvalue weighted by Gasteiger charge is 2.32. The van der Waals surface area contributed by atoms with E-state index in [-0.39, 0.29) is 17.9 Å². The maximum absolute atomic E-state index is 14.7. The number of fused-ring (bicyclic) bond motifs is 3. The Labute approximate surface area is 294 Å². The van der Waals surface area contributed by atoms with Gasteiger partial charge >= 0.3 is 0 Å². The second-order valence-electron chi connectivity index (χ2n) is 14.0. The first-order valence-electron chi connectivity index (χ1n) is 18.0. The predicted molar refractivity (Wildman–Crippen MR) is 198 cm³/mol. The van der Waals surface area contributed by atoms with Crippen LogP contribution in [-0.2, 0) is 45.5 Å². The smallest absolute Gasteiger partial charge is 0.259 e. The molecule has 7 nitrogen and oxygen atoms in total. The van der Waals surface area contributed by atoms with Gasteiger partial charge in [-0.1, -0.05) is 54.6 Å². The van der Waals surface area contributed by atoms with E-state index in [0.717, 1.165) is 91.3 Å². The Balaban J connectivity index is 1.12. The van der Waals surface area contributed by atoms with Gasteiger partial charge in [0.15, 0.2) is 0 Å². The number of amides is 2. The van der Waals surface area contributed by atoms with Gasteiger partial charge in [-0.2, -0.15) is 0 Å². The lowest BCUT2D eigenvalue weighted by atomic mass is 9.90. The van der Waals surface area contributed by atoms with E-state index in [1.54, 1.807) is 4.90 Å². The largest absolute Gasteiger partial charge is 0.489 e. The lowest BCUT2D eigenvalue weighted by molar-refractivity contribution is 0.0658. The first kappa shape index (κ1) is 32.1. The molecule has 1 aromatic heterocycles. The number of nitrogens with zero attached hydrogens (tertiary/aromatic N) is 3. The Morgan fingerprint density at radius 1 is 0.840 bits per heavy atom. The van der Waals surface area contributed by atoms with Crippen LogP contribution in [0, 0.1) is 0 Å². The molecule has 3 aliphatic heterocycles. The van der Waals surface area contributed by atoms with Gasteiger partial charge in [-0.15, -0.1) is 0 Å². The Hall–Kier alpha value is -5.14. The molecular weight excluding hydrogens is 620 g/mol. The van der Waals surface area contributed by atoms with Crippen molar-refractivity contribution in [1.29, 1.82) is 0 Å². The van der Waals surface area contributed by atoms with Gasteiger partial charge < -0.3 is 24.4 Å². The van der Waals surface area contributed by atoms with Crippen LogP contribution in [0.15, 0.2) is 97.1 Å². The molecule has 0 spiro atoms. The van der Waals surface area contributed by atoms with Crippen LogP contribution in [0.1, 0.15) is 74.0 Å². The first-order valence-corrected chi connectivity index (χ1v) is 18.0. The maximum Gasteiger partial charge on any atom is 0.259 e. The van der Waals surface area contributed by atoms with Crippen LogP contribution >= 0.6 is 0 Å². The number of benzene rings is 4. The summed E-state index contributed by atoms with van der Waals surface area (Å²) in [5, 5.41) is 3.49. The van der Waals surface area contributed by atoms with Crippen molar-refractivity contribution in [2.24, 2.45) is 0 Å². The van der Waals surface area contributed by atoms with Crippen LogP contribution in [0.4, 0.5) is 5.69 Å². The minimum Gasteiger partial charge on any atom is -0.489 e. The molecule has 0 bridgehead atoms. The average Bonchev–Trinajstić information content (AvgIpc) is 3.55. The monoisotopic (exact) mass is 664 g/mol. The Morgan fingerprint density at radius 2 is 1.62 bits per heavy atom. The van der Waals surface area contributed by atoms with E-state index in [2.05, 4.69) is 59.3 Å². The fraction of sp³-hybridized carbons (Fsp3) is 0.302. The molecule has 0 saturated carbocycles. The molecule has 8 rings (SSSR count). The fourth-order valence-corrected chi connectivity index (χ4v) is 7.92. The summed E-state index contributed by atoms with van der Waals surface area (Å²) in [5.41, 5.74) is 11.3. The Kier molecular flexibility index (Phi) is 8.75. The van der Waals surface area contributed by atoms with E-state index in [4.69, 9.17) is 4.74 Å². The second kappa shape index (κ2) is 13.6. The van der Waals surface area contributed by atoms with Crippen molar-refractivity contribution in [3.63, 3.8) is 0 Å². The summed E-state index contributed by atoms with van der Waals surface area (Å²) < 4.78 is 8.31. The van der Waals surface area contributed by atoms with Gasteiger partial charge in [-0.3, -0.25) is 9.59 Å². The molecule has 0 aliphatic carbocycles. The SMILES string of the molecule is C[C@@H]1Cc2ccccc2CN1C(=O)c1cc2c(cc1-c1cc(C(=O)N(C)c3ccc(OCc4ccccc4)cc3)c3n1CCCC3)CCNC2. The second-order valence-corrected chi connectivity index (χ2v) is 14.0. The van der Waals surface area contributed by atoms with Crippen LogP contribution in [0.25, 0.3) is 11.3 Å². The van der Waals surface area contributed by atoms with Crippen molar-refractivity contribution < 1.29 is 14.3 Å². The van der Waals surface area contributed by atoms with Crippen molar-refractivity contribution in [3.8, 4) is 17.0 Å². The van der Waals surface area contributed by atoms with Gasteiger partial charge in [0, 0.05) is 60.9 Å². The highest BCUT2D eigenvalue weighted by molar-refractivity contribution is 6.08. The van der Waals surface area contributed by atoms with Gasteiger partial charge in [0.2, 0.25) is 0 Å². The highest BCUT2D eigenvalue weighted by Crippen LogP contribution is 2.37. The number of carbonyl (C=O) groups is 2. The van der Waals surface area contributed by atoms with Gasteiger partial charge in [0.1, 0.15) is 12.4 Å². The molecule has 0 unspecified atom stereocenters. The van der Waals surface area contributed by atoms with E-state index in [0.29, 0.717) is 18.7 Å². The van der Waals surface area contributed by atoms with E-state index in [9.17, 15) is 9.59 Å². The number of ether oxygens (including phenoxy) is 1. The molecule has 4 aromatic carbocycles. The van der Waals surface area contributed by atoms with E-state index < -0.39 is 0 Å². The van der Waals surface area contributed by atoms with E-state index in [1.165, 1.54) is 22.3 Å². The van der Waals surface area contributed by atoms with Gasteiger partial charge in [-0.25, -0.2) is 0 Å². The molecule has 2 amide bonds. The molecule has 4 heterocycles. The number of nitrogens with one attached hydrogen (secondary N) is 1. The third-order valence-electron chi connectivity index (χ3n) is 10.8. The predicted octanol–water partition coefficient (Wildman–Crippen LogP) is 7.58. The lowest BCUT2D eigenvalue weighted by Crippen LogP contribution is -2.43. The minimum atomic E-state index is -0.0452. The molecule has 254 valence electrons. The zero-order valence-corrected chi connectivity index (χ0v) is 29.0. The number of rotatable bonds is 7. The third kappa shape index (κ3) is 6.11. The number of anilines is 1. The summed E-state index contributed by atoms with van der Waals surface area (Å²) in [6.07, 6.45) is 4.67. The third-order valence-corrected chi connectivity index (χ3v) is 10.8. The quantitative estimate of drug-likeness (QED) is 0.195. The molecule has 3 aliphatic rings. The summed E-state index contributed by atoms with van der Waals surface area (Å²) >= 11 is 0. The zero-order valence-electron chi connectivity index (χ0n) is 29.0. The Bertz CT molecular complexity index is 2050. The number of aromatic nitrogens is 1. The van der Waals surface area contributed by atoms with Gasteiger partial charge in [0.25, 0.3) is 11.8 Å². The van der Waals surface area contributed by atoms with Crippen molar-refractivity contribution >= 4 is 17.5 Å². The summed E-state index contributed by atoms with van der Waals surface area (Å²) in [6.45, 7) is 5.74. The molecule has 1 N–H and O–H groups in total. The van der Waals surface area contributed by atoms with Crippen LogP contribution < -0.4 is 15.0 Å². The summed E-state index contributed by atoms with van der Waals surface area (Å²) in [4.78, 5) is 32.7. The van der Waals surface area contributed by atoms with Crippen LogP contribution in [-0.4, -0.2) is 40.9 Å². The van der Waals surface area contributed by atoms with Crippen LogP contribution in [0.5, 0.6) is 5.75 Å². The van der Waals surface area contributed by atoms with Crippen molar-refractivity contribution in [1.82, 2.24) is 14.8 Å². The molecule has 0 fully saturated rings.